The lowest BCUT2D eigenvalue weighted by Crippen LogP contribution is -2.47. The summed E-state index contributed by atoms with van der Waals surface area (Å²) in [5, 5.41) is 0. The zero-order valence-electron chi connectivity index (χ0n) is 14.9. The number of carbonyl (C=O) groups excluding carboxylic acids is 1. The highest BCUT2D eigenvalue weighted by molar-refractivity contribution is 7.89. The molecule has 136 valence electrons. The summed E-state index contributed by atoms with van der Waals surface area (Å²) in [6, 6.07) is 6.80. The molecule has 2 heterocycles. The first-order valence-corrected chi connectivity index (χ1v) is 9.71. The first-order valence-electron chi connectivity index (χ1n) is 8.27. The zero-order valence-corrected chi connectivity index (χ0v) is 15.7. The topological polar surface area (TPSA) is 76.2 Å². The van der Waals surface area contributed by atoms with Crippen molar-refractivity contribution in [3.05, 3.63) is 42.0 Å². The van der Waals surface area contributed by atoms with E-state index in [2.05, 4.69) is 0 Å². The van der Waals surface area contributed by atoms with E-state index in [1.165, 1.54) is 10.4 Å². The second kappa shape index (κ2) is 5.93. The van der Waals surface area contributed by atoms with Crippen molar-refractivity contribution in [2.24, 2.45) is 0 Å². The number of fused-ring (bicyclic) bond motifs is 1. The fourth-order valence-electron chi connectivity index (χ4n) is 3.42. The summed E-state index contributed by atoms with van der Waals surface area (Å²) in [5.41, 5.74) is -0.462. The molecule has 0 N–H and O–H groups in total. The number of morpholine rings is 1. The third-order valence-corrected chi connectivity index (χ3v) is 6.84. The molecule has 2 aliphatic heterocycles. The Morgan fingerprint density at radius 2 is 2.00 bits per heavy atom. The standard InChI is InChI=1S/C18H23NO5S/c1-5-23-15(20)10-11-18-12-19(17(3,4)16(18)24-18)25(21,22)14-8-6-13(2)7-9-14/h6-11,16H,5,12H2,1-4H3/b11-10+/t16-,18+/m0/s1. The van der Waals surface area contributed by atoms with Gasteiger partial charge < -0.3 is 9.47 Å². The summed E-state index contributed by atoms with van der Waals surface area (Å²) in [7, 11) is -3.65. The van der Waals surface area contributed by atoms with E-state index in [-0.39, 0.29) is 17.5 Å². The van der Waals surface area contributed by atoms with E-state index in [0.29, 0.717) is 6.61 Å². The molecule has 0 unspecified atom stereocenters. The van der Waals surface area contributed by atoms with E-state index in [1.54, 1.807) is 37.3 Å². The van der Waals surface area contributed by atoms with Crippen LogP contribution in [0.25, 0.3) is 0 Å². The normalized spacial score (nSPS) is 28.1. The van der Waals surface area contributed by atoms with Crippen LogP contribution in [0.5, 0.6) is 0 Å². The first-order chi connectivity index (χ1) is 11.6. The van der Waals surface area contributed by atoms with Gasteiger partial charge in [0.05, 0.1) is 23.6 Å². The van der Waals surface area contributed by atoms with Crippen LogP contribution in [-0.4, -0.2) is 49.1 Å². The van der Waals surface area contributed by atoms with Gasteiger partial charge in [0.2, 0.25) is 10.0 Å². The van der Waals surface area contributed by atoms with Gasteiger partial charge in [-0.25, -0.2) is 13.2 Å². The molecular formula is C18H23NO5S. The van der Waals surface area contributed by atoms with E-state index in [4.69, 9.17) is 9.47 Å². The van der Waals surface area contributed by atoms with Crippen LogP contribution in [0.15, 0.2) is 41.3 Å². The van der Waals surface area contributed by atoms with E-state index in [1.807, 2.05) is 20.8 Å². The Balaban J connectivity index is 1.87. The maximum Gasteiger partial charge on any atom is 0.330 e. The van der Waals surface area contributed by atoms with Gasteiger partial charge in [-0.2, -0.15) is 4.31 Å². The van der Waals surface area contributed by atoms with Gasteiger partial charge in [-0.1, -0.05) is 17.7 Å². The SMILES string of the molecule is CCOC(=O)/C=C/[C@@]12CN(S(=O)(=O)c3ccc(C)cc3)C(C)(C)[C@@H]1O2. The summed E-state index contributed by atoms with van der Waals surface area (Å²) in [6.45, 7) is 7.80. The number of epoxide rings is 1. The van der Waals surface area contributed by atoms with Crippen molar-refractivity contribution in [1.29, 1.82) is 0 Å². The molecule has 0 bridgehead atoms. The monoisotopic (exact) mass is 365 g/mol. The minimum atomic E-state index is -3.65. The molecule has 6 nitrogen and oxygen atoms in total. The van der Waals surface area contributed by atoms with Gasteiger partial charge in [0.25, 0.3) is 0 Å². The number of nitrogens with zero attached hydrogens (tertiary/aromatic N) is 1. The lowest BCUT2D eigenvalue weighted by molar-refractivity contribution is -0.137. The van der Waals surface area contributed by atoms with Crippen molar-refractivity contribution in [2.45, 2.75) is 49.8 Å². The molecule has 1 aromatic carbocycles. The highest BCUT2D eigenvalue weighted by Crippen LogP contribution is 2.55. The molecule has 2 saturated heterocycles. The van der Waals surface area contributed by atoms with E-state index in [0.717, 1.165) is 5.56 Å². The molecule has 2 aliphatic rings. The van der Waals surface area contributed by atoms with Crippen molar-refractivity contribution in [3.8, 4) is 0 Å². The Bertz CT molecular complexity index is 812. The second-order valence-corrected chi connectivity index (χ2v) is 8.88. The van der Waals surface area contributed by atoms with Crippen LogP contribution < -0.4 is 0 Å². The van der Waals surface area contributed by atoms with Crippen LogP contribution in [0.4, 0.5) is 0 Å². The number of sulfonamides is 1. The van der Waals surface area contributed by atoms with Crippen LogP contribution in [0.3, 0.4) is 0 Å². The van der Waals surface area contributed by atoms with Crippen LogP contribution in [-0.2, 0) is 24.3 Å². The Morgan fingerprint density at radius 3 is 2.60 bits per heavy atom. The molecule has 3 rings (SSSR count). The average molecular weight is 365 g/mol. The van der Waals surface area contributed by atoms with E-state index < -0.39 is 27.1 Å². The van der Waals surface area contributed by atoms with E-state index in [9.17, 15) is 13.2 Å². The van der Waals surface area contributed by atoms with Crippen molar-refractivity contribution >= 4 is 16.0 Å². The van der Waals surface area contributed by atoms with Gasteiger partial charge in [0.1, 0.15) is 11.7 Å². The quantitative estimate of drug-likeness (QED) is 0.453. The average Bonchev–Trinajstić information content (AvgIpc) is 3.22. The van der Waals surface area contributed by atoms with Gasteiger partial charge in [-0.15, -0.1) is 0 Å². The Labute approximate surface area is 148 Å². The smallest absolute Gasteiger partial charge is 0.330 e. The lowest BCUT2D eigenvalue weighted by atomic mass is 9.97. The summed E-state index contributed by atoms with van der Waals surface area (Å²) in [6.07, 6.45) is 2.66. The molecule has 0 saturated carbocycles. The second-order valence-electron chi connectivity index (χ2n) is 7.02. The number of benzene rings is 1. The fourth-order valence-corrected chi connectivity index (χ4v) is 5.24. The maximum absolute atomic E-state index is 13.1. The molecule has 0 aromatic heterocycles. The largest absolute Gasteiger partial charge is 0.463 e. The highest BCUT2D eigenvalue weighted by Gasteiger charge is 2.72. The molecule has 1 aromatic rings. The summed E-state index contributed by atoms with van der Waals surface area (Å²) < 4.78 is 38.2. The predicted molar refractivity (Wildman–Crippen MR) is 92.5 cm³/mol. The molecule has 25 heavy (non-hydrogen) atoms. The maximum atomic E-state index is 13.1. The van der Waals surface area contributed by atoms with Gasteiger partial charge in [-0.3, -0.25) is 0 Å². The van der Waals surface area contributed by atoms with Crippen molar-refractivity contribution < 1.29 is 22.7 Å². The Kier molecular flexibility index (Phi) is 4.29. The number of hydrogen-bond donors (Lipinski definition) is 0. The van der Waals surface area contributed by atoms with Crippen molar-refractivity contribution in [1.82, 2.24) is 4.31 Å². The van der Waals surface area contributed by atoms with E-state index >= 15 is 0 Å². The zero-order chi connectivity index (χ0) is 18.5. The number of aryl methyl sites for hydroxylation is 1. The van der Waals surface area contributed by atoms with Crippen LogP contribution in [0.1, 0.15) is 26.3 Å². The predicted octanol–water partition coefficient (Wildman–Crippen LogP) is 2.03. The molecule has 7 heteroatoms. The van der Waals surface area contributed by atoms with Crippen molar-refractivity contribution in [3.63, 3.8) is 0 Å². The summed E-state index contributed by atoms with van der Waals surface area (Å²) >= 11 is 0. The molecule has 0 amide bonds. The van der Waals surface area contributed by atoms with Gasteiger partial charge in [0.15, 0.2) is 0 Å². The molecule has 0 aliphatic carbocycles. The molecular weight excluding hydrogens is 342 g/mol. The number of ether oxygens (including phenoxy) is 2. The Hall–Kier alpha value is -1.70. The van der Waals surface area contributed by atoms with Crippen LogP contribution in [0.2, 0.25) is 0 Å². The first kappa shape index (κ1) is 18.1. The number of carbonyl (C=O) groups is 1. The van der Waals surface area contributed by atoms with Crippen LogP contribution >= 0.6 is 0 Å². The third kappa shape index (κ3) is 3.01. The number of rotatable bonds is 5. The lowest BCUT2D eigenvalue weighted by Gasteiger charge is -2.32. The van der Waals surface area contributed by atoms with Gasteiger partial charge >= 0.3 is 5.97 Å². The molecule has 0 spiro atoms. The third-order valence-electron chi connectivity index (χ3n) is 4.80. The minimum Gasteiger partial charge on any atom is -0.463 e. The van der Waals surface area contributed by atoms with Gasteiger partial charge in [0, 0.05) is 6.08 Å². The molecule has 2 fully saturated rings. The Morgan fingerprint density at radius 1 is 1.36 bits per heavy atom. The minimum absolute atomic E-state index is 0.177. The number of esters is 1. The summed E-state index contributed by atoms with van der Waals surface area (Å²) in [4.78, 5) is 11.8. The fraction of sp³-hybridized carbons (Fsp3) is 0.500. The highest BCUT2D eigenvalue weighted by atomic mass is 32.2. The molecule has 0 radical (unpaired) electrons. The van der Waals surface area contributed by atoms with Crippen LogP contribution in [0, 0.1) is 6.92 Å². The van der Waals surface area contributed by atoms with Gasteiger partial charge in [-0.05, 0) is 45.9 Å². The van der Waals surface area contributed by atoms with Crippen molar-refractivity contribution in [2.75, 3.05) is 13.2 Å². The summed E-state index contributed by atoms with van der Waals surface area (Å²) in [5.74, 6) is -0.455. The number of hydrogen-bond acceptors (Lipinski definition) is 5. The molecule has 2 atom stereocenters.